The number of carbonyl (C=O) groups is 1. The van der Waals surface area contributed by atoms with Crippen molar-refractivity contribution < 1.29 is 4.79 Å². The topological polar surface area (TPSA) is 51.2 Å². The van der Waals surface area contributed by atoms with Crippen molar-refractivity contribution in [1.82, 2.24) is 20.0 Å². The van der Waals surface area contributed by atoms with E-state index in [0.29, 0.717) is 5.92 Å². The van der Waals surface area contributed by atoms with Gasteiger partial charge < -0.3 is 15.1 Å². The number of hydrogen-bond donors (Lipinski definition) is 1. The Kier molecular flexibility index (Phi) is 9.50. The number of nitrogens with zero attached hydrogens (tertiary/aromatic N) is 4. The quantitative estimate of drug-likeness (QED) is 0.382. The smallest absolute Gasteiger partial charge is 0.219 e. The largest absolute Gasteiger partial charge is 0.355 e. The average Bonchev–Trinajstić information content (AvgIpc) is 3.14. The summed E-state index contributed by atoms with van der Waals surface area (Å²) in [6, 6.07) is 10.8. The second-order valence-corrected chi connectivity index (χ2v) is 7.61. The highest BCUT2D eigenvalue weighted by atomic mass is 127. The van der Waals surface area contributed by atoms with Crippen molar-refractivity contribution in [3.8, 4) is 0 Å². The molecule has 156 valence electrons. The number of aliphatic imine (C=N–C) groups is 1. The van der Waals surface area contributed by atoms with Crippen molar-refractivity contribution in [2.24, 2.45) is 10.9 Å². The number of piperazine rings is 1. The van der Waals surface area contributed by atoms with E-state index in [2.05, 4.69) is 50.4 Å². The molecule has 7 heteroatoms. The Hall–Kier alpha value is -1.35. The molecule has 1 unspecified atom stereocenters. The Morgan fingerprint density at radius 2 is 1.82 bits per heavy atom. The summed E-state index contributed by atoms with van der Waals surface area (Å²) in [7, 11) is 1.87. The maximum absolute atomic E-state index is 11.4. The van der Waals surface area contributed by atoms with Gasteiger partial charge in [0, 0.05) is 66.3 Å². The van der Waals surface area contributed by atoms with Gasteiger partial charge in [-0.05, 0) is 24.3 Å². The molecule has 1 amide bonds. The minimum atomic E-state index is 0. The fourth-order valence-electron chi connectivity index (χ4n) is 4.08. The van der Waals surface area contributed by atoms with Crippen molar-refractivity contribution in [3.05, 3.63) is 35.9 Å². The lowest BCUT2D eigenvalue weighted by molar-refractivity contribution is -0.130. The predicted octanol–water partition coefficient (Wildman–Crippen LogP) is 1.91. The second kappa shape index (κ2) is 11.6. The van der Waals surface area contributed by atoms with Gasteiger partial charge in [-0.1, -0.05) is 30.3 Å². The third kappa shape index (κ3) is 6.62. The molecule has 2 fully saturated rings. The van der Waals surface area contributed by atoms with E-state index >= 15 is 0 Å². The van der Waals surface area contributed by atoms with E-state index < -0.39 is 0 Å². The number of rotatable bonds is 5. The predicted molar refractivity (Wildman–Crippen MR) is 125 cm³/mol. The first kappa shape index (κ1) is 22.9. The van der Waals surface area contributed by atoms with Crippen LogP contribution in [-0.2, 0) is 11.2 Å². The number of likely N-dealkylation sites (tertiary alicyclic amines) is 1. The zero-order chi connectivity index (χ0) is 19.1. The molecule has 6 nitrogen and oxygen atoms in total. The monoisotopic (exact) mass is 499 g/mol. The van der Waals surface area contributed by atoms with E-state index in [0.717, 1.165) is 64.7 Å². The SMILES string of the molecule is CN=C(NCCN1CCN(C(C)=O)CC1)N1CCC(Cc2ccccc2)C1.I. The van der Waals surface area contributed by atoms with Gasteiger partial charge in [-0.2, -0.15) is 0 Å². The van der Waals surface area contributed by atoms with E-state index in [1.165, 1.54) is 12.0 Å². The lowest BCUT2D eigenvalue weighted by Gasteiger charge is -2.34. The molecule has 0 saturated carbocycles. The molecular formula is C21H34IN5O. The average molecular weight is 499 g/mol. The Labute approximate surface area is 186 Å². The summed E-state index contributed by atoms with van der Waals surface area (Å²) in [6.07, 6.45) is 2.37. The zero-order valence-corrected chi connectivity index (χ0v) is 19.5. The van der Waals surface area contributed by atoms with Crippen molar-refractivity contribution in [2.45, 2.75) is 19.8 Å². The van der Waals surface area contributed by atoms with Gasteiger partial charge in [0.2, 0.25) is 5.91 Å². The molecular weight excluding hydrogens is 465 g/mol. The van der Waals surface area contributed by atoms with Crippen LogP contribution in [0.5, 0.6) is 0 Å². The van der Waals surface area contributed by atoms with Crippen LogP contribution < -0.4 is 5.32 Å². The van der Waals surface area contributed by atoms with Gasteiger partial charge in [0.25, 0.3) is 0 Å². The van der Waals surface area contributed by atoms with E-state index in [1.807, 2.05) is 11.9 Å². The summed E-state index contributed by atoms with van der Waals surface area (Å²) in [6.45, 7) is 9.31. The first-order valence-corrected chi connectivity index (χ1v) is 10.1. The van der Waals surface area contributed by atoms with Gasteiger partial charge in [0.05, 0.1) is 0 Å². The van der Waals surface area contributed by atoms with Gasteiger partial charge in [0.15, 0.2) is 5.96 Å². The number of halogens is 1. The molecule has 0 bridgehead atoms. The molecule has 1 aromatic rings. The molecule has 0 aliphatic carbocycles. The Morgan fingerprint density at radius 1 is 1.11 bits per heavy atom. The van der Waals surface area contributed by atoms with Crippen molar-refractivity contribution in [3.63, 3.8) is 0 Å². The van der Waals surface area contributed by atoms with Crippen LogP contribution in [0.15, 0.2) is 35.3 Å². The molecule has 1 atom stereocenters. The zero-order valence-electron chi connectivity index (χ0n) is 17.1. The first-order valence-electron chi connectivity index (χ1n) is 10.1. The summed E-state index contributed by atoms with van der Waals surface area (Å²) in [5.41, 5.74) is 1.43. The van der Waals surface area contributed by atoms with Crippen molar-refractivity contribution in [1.29, 1.82) is 0 Å². The lowest BCUT2D eigenvalue weighted by atomic mass is 9.99. The van der Waals surface area contributed by atoms with E-state index in [4.69, 9.17) is 0 Å². The number of guanidine groups is 1. The van der Waals surface area contributed by atoms with Crippen molar-refractivity contribution in [2.75, 3.05) is 59.4 Å². The Morgan fingerprint density at radius 3 is 2.46 bits per heavy atom. The van der Waals surface area contributed by atoms with Crippen LogP contribution >= 0.6 is 24.0 Å². The van der Waals surface area contributed by atoms with Gasteiger partial charge in [-0.15, -0.1) is 24.0 Å². The molecule has 2 heterocycles. The number of nitrogens with one attached hydrogen (secondary N) is 1. The fourth-order valence-corrected chi connectivity index (χ4v) is 4.08. The highest BCUT2D eigenvalue weighted by Crippen LogP contribution is 2.20. The minimum absolute atomic E-state index is 0. The van der Waals surface area contributed by atoms with Crippen LogP contribution in [0.1, 0.15) is 18.9 Å². The third-order valence-corrected chi connectivity index (χ3v) is 5.69. The normalized spacial score (nSPS) is 20.8. The standard InChI is InChI=1S/C21H33N5O.HI/c1-18(27)25-14-12-24(13-15-25)11-9-23-21(22-2)26-10-8-20(17-26)16-19-6-4-3-5-7-19;/h3-7,20H,8-17H2,1-2H3,(H,22,23);1H. The molecule has 3 rings (SSSR count). The Balaban J connectivity index is 0.00000280. The van der Waals surface area contributed by atoms with Gasteiger partial charge in [-0.3, -0.25) is 14.7 Å². The first-order chi connectivity index (χ1) is 13.2. The van der Waals surface area contributed by atoms with Gasteiger partial charge >= 0.3 is 0 Å². The highest BCUT2D eigenvalue weighted by molar-refractivity contribution is 14.0. The van der Waals surface area contributed by atoms with E-state index in [1.54, 1.807) is 6.92 Å². The molecule has 0 aromatic heterocycles. The molecule has 2 aliphatic heterocycles. The van der Waals surface area contributed by atoms with Crippen LogP contribution in [0.25, 0.3) is 0 Å². The summed E-state index contributed by atoms with van der Waals surface area (Å²) in [4.78, 5) is 22.6. The number of hydrogen-bond acceptors (Lipinski definition) is 3. The number of carbonyl (C=O) groups excluding carboxylic acids is 1. The number of benzene rings is 1. The molecule has 2 saturated heterocycles. The molecule has 1 aromatic carbocycles. The van der Waals surface area contributed by atoms with Crippen molar-refractivity contribution >= 4 is 35.8 Å². The van der Waals surface area contributed by atoms with Crippen LogP contribution in [0.2, 0.25) is 0 Å². The van der Waals surface area contributed by atoms with Crippen LogP contribution in [0.4, 0.5) is 0 Å². The number of amides is 1. The van der Waals surface area contributed by atoms with Gasteiger partial charge in [0.1, 0.15) is 0 Å². The fraction of sp³-hybridized carbons (Fsp3) is 0.619. The maximum atomic E-state index is 11.4. The molecule has 0 radical (unpaired) electrons. The molecule has 2 aliphatic rings. The van der Waals surface area contributed by atoms with Crippen LogP contribution in [-0.4, -0.2) is 86.0 Å². The minimum Gasteiger partial charge on any atom is -0.355 e. The third-order valence-electron chi connectivity index (χ3n) is 5.69. The molecule has 0 spiro atoms. The Bertz CT molecular complexity index is 631. The molecule has 1 N–H and O–H groups in total. The lowest BCUT2D eigenvalue weighted by Crippen LogP contribution is -2.50. The maximum Gasteiger partial charge on any atom is 0.219 e. The van der Waals surface area contributed by atoms with E-state index in [9.17, 15) is 4.79 Å². The van der Waals surface area contributed by atoms with E-state index in [-0.39, 0.29) is 29.9 Å². The second-order valence-electron chi connectivity index (χ2n) is 7.61. The van der Waals surface area contributed by atoms with Gasteiger partial charge in [-0.25, -0.2) is 0 Å². The molecule has 28 heavy (non-hydrogen) atoms. The summed E-state index contributed by atoms with van der Waals surface area (Å²) in [5.74, 6) is 1.91. The van der Waals surface area contributed by atoms with Crippen LogP contribution in [0.3, 0.4) is 0 Å². The summed E-state index contributed by atoms with van der Waals surface area (Å²) >= 11 is 0. The summed E-state index contributed by atoms with van der Waals surface area (Å²) < 4.78 is 0. The highest BCUT2D eigenvalue weighted by Gasteiger charge is 2.25. The van der Waals surface area contributed by atoms with Crippen LogP contribution in [0, 0.1) is 5.92 Å². The summed E-state index contributed by atoms with van der Waals surface area (Å²) in [5, 5.41) is 3.53.